The van der Waals surface area contributed by atoms with Gasteiger partial charge in [-0.1, -0.05) is 15.9 Å². The van der Waals surface area contributed by atoms with Crippen LogP contribution in [0.4, 0.5) is 5.69 Å². The van der Waals surface area contributed by atoms with Crippen molar-refractivity contribution in [3.63, 3.8) is 0 Å². The molecule has 0 saturated heterocycles. The average molecular weight is 356 g/mol. The van der Waals surface area contributed by atoms with Crippen molar-refractivity contribution in [2.24, 2.45) is 0 Å². The lowest BCUT2D eigenvalue weighted by atomic mass is 10.2. The maximum Gasteiger partial charge on any atom is 0.261 e. The van der Waals surface area contributed by atoms with E-state index in [1.54, 1.807) is 50.4 Å². The number of anilines is 1. The Hall–Kier alpha value is -1.53. The van der Waals surface area contributed by atoms with Crippen LogP contribution in [0, 0.1) is 6.92 Å². The Labute approximate surface area is 127 Å². The molecular formula is C14H14BrNO3S. The molecule has 0 atom stereocenters. The highest BCUT2D eigenvalue weighted by Crippen LogP contribution is 2.23. The van der Waals surface area contributed by atoms with Crippen molar-refractivity contribution in [2.75, 3.05) is 11.8 Å². The molecule has 0 unspecified atom stereocenters. The molecule has 0 aromatic heterocycles. The van der Waals surface area contributed by atoms with Gasteiger partial charge in [-0.15, -0.1) is 0 Å². The van der Waals surface area contributed by atoms with Gasteiger partial charge in [0.05, 0.1) is 12.0 Å². The zero-order chi connectivity index (χ0) is 14.8. The van der Waals surface area contributed by atoms with E-state index >= 15 is 0 Å². The largest absolute Gasteiger partial charge is 0.496 e. The van der Waals surface area contributed by atoms with Gasteiger partial charge in [0.1, 0.15) is 5.75 Å². The van der Waals surface area contributed by atoms with Crippen LogP contribution in [0.1, 0.15) is 5.56 Å². The van der Waals surface area contributed by atoms with E-state index < -0.39 is 10.0 Å². The van der Waals surface area contributed by atoms with Gasteiger partial charge in [0.15, 0.2) is 0 Å². The predicted molar refractivity (Wildman–Crippen MR) is 82.7 cm³/mol. The number of nitrogens with one attached hydrogen (secondary N) is 1. The van der Waals surface area contributed by atoms with Gasteiger partial charge in [0.25, 0.3) is 10.0 Å². The molecule has 0 aliphatic carbocycles. The highest BCUT2D eigenvalue weighted by Gasteiger charge is 2.15. The first-order valence-corrected chi connectivity index (χ1v) is 8.13. The van der Waals surface area contributed by atoms with Crippen molar-refractivity contribution in [3.05, 3.63) is 52.5 Å². The number of halogens is 1. The molecule has 6 heteroatoms. The van der Waals surface area contributed by atoms with Crippen molar-refractivity contribution in [2.45, 2.75) is 11.8 Å². The summed E-state index contributed by atoms with van der Waals surface area (Å²) in [6.45, 7) is 1.80. The molecule has 1 N–H and O–H groups in total. The Morgan fingerprint density at radius 1 is 1.10 bits per heavy atom. The van der Waals surface area contributed by atoms with Crippen LogP contribution in [0.2, 0.25) is 0 Å². The van der Waals surface area contributed by atoms with Crippen LogP contribution in [0.25, 0.3) is 0 Å². The summed E-state index contributed by atoms with van der Waals surface area (Å²) >= 11 is 3.30. The van der Waals surface area contributed by atoms with Crippen LogP contribution in [0.3, 0.4) is 0 Å². The molecule has 0 saturated carbocycles. The van der Waals surface area contributed by atoms with E-state index in [2.05, 4.69) is 20.7 Å². The quantitative estimate of drug-likeness (QED) is 0.911. The summed E-state index contributed by atoms with van der Waals surface area (Å²) in [6.07, 6.45) is 0. The molecule has 0 heterocycles. The Kier molecular flexibility index (Phi) is 4.35. The first-order chi connectivity index (χ1) is 9.42. The first-order valence-electron chi connectivity index (χ1n) is 5.85. The van der Waals surface area contributed by atoms with Gasteiger partial charge in [-0.3, -0.25) is 4.72 Å². The van der Waals surface area contributed by atoms with E-state index in [0.29, 0.717) is 11.4 Å². The fraction of sp³-hybridized carbons (Fsp3) is 0.143. The van der Waals surface area contributed by atoms with Crippen LogP contribution in [-0.2, 0) is 10.0 Å². The second-order valence-electron chi connectivity index (χ2n) is 4.24. The maximum atomic E-state index is 12.3. The predicted octanol–water partition coefficient (Wildman–Crippen LogP) is 3.57. The SMILES string of the molecule is COc1ccc(S(=O)(=O)Nc2ccc(Br)cc2)cc1C. The molecule has 0 aliphatic heterocycles. The van der Waals surface area contributed by atoms with Crippen molar-refractivity contribution in [3.8, 4) is 5.75 Å². The van der Waals surface area contributed by atoms with Crippen molar-refractivity contribution in [1.82, 2.24) is 0 Å². The maximum absolute atomic E-state index is 12.3. The Bertz CT molecular complexity index is 712. The number of rotatable bonds is 4. The van der Waals surface area contributed by atoms with E-state index in [4.69, 9.17) is 4.74 Å². The zero-order valence-corrected chi connectivity index (χ0v) is 13.5. The monoisotopic (exact) mass is 355 g/mol. The minimum Gasteiger partial charge on any atom is -0.496 e. The van der Waals surface area contributed by atoms with Crippen LogP contribution in [0.5, 0.6) is 5.75 Å². The standard InChI is InChI=1S/C14H14BrNO3S/c1-10-9-13(7-8-14(10)19-2)20(17,18)16-12-5-3-11(15)4-6-12/h3-9,16H,1-2H3. The van der Waals surface area contributed by atoms with E-state index in [-0.39, 0.29) is 4.90 Å². The van der Waals surface area contributed by atoms with Gasteiger partial charge in [0.2, 0.25) is 0 Å². The fourth-order valence-corrected chi connectivity index (χ4v) is 3.16. The van der Waals surface area contributed by atoms with Crippen LogP contribution in [-0.4, -0.2) is 15.5 Å². The molecule has 0 amide bonds. The van der Waals surface area contributed by atoms with E-state index in [0.717, 1.165) is 10.0 Å². The Morgan fingerprint density at radius 2 is 1.75 bits per heavy atom. The van der Waals surface area contributed by atoms with Gasteiger partial charge in [-0.25, -0.2) is 8.42 Å². The summed E-state index contributed by atoms with van der Waals surface area (Å²) in [5.74, 6) is 0.660. The smallest absolute Gasteiger partial charge is 0.261 e. The van der Waals surface area contributed by atoms with Crippen molar-refractivity contribution >= 4 is 31.6 Å². The second kappa shape index (κ2) is 5.85. The third-order valence-corrected chi connectivity index (χ3v) is 4.68. The molecular weight excluding hydrogens is 342 g/mol. The number of methoxy groups -OCH3 is 1. The summed E-state index contributed by atoms with van der Waals surface area (Å²) < 4.78 is 33.1. The van der Waals surface area contributed by atoms with E-state index in [1.165, 1.54) is 6.07 Å². The number of benzene rings is 2. The van der Waals surface area contributed by atoms with E-state index in [1.807, 2.05) is 0 Å². The lowest BCUT2D eigenvalue weighted by Gasteiger charge is -2.10. The van der Waals surface area contributed by atoms with Crippen LogP contribution in [0.15, 0.2) is 51.8 Å². The molecule has 0 spiro atoms. The molecule has 0 radical (unpaired) electrons. The van der Waals surface area contributed by atoms with Crippen molar-refractivity contribution < 1.29 is 13.2 Å². The lowest BCUT2D eigenvalue weighted by molar-refractivity contribution is 0.411. The zero-order valence-electron chi connectivity index (χ0n) is 11.1. The van der Waals surface area contributed by atoms with Gasteiger partial charge >= 0.3 is 0 Å². The highest BCUT2D eigenvalue weighted by atomic mass is 79.9. The van der Waals surface area contributed by atoms with E-state index in [9.17, 15) is 8.42 Å². The van der Waals surface area contributed by atoms with Gasteiger partial charge < -0.3 is 4.74 Å². The topological polar surface area (TPSA) is 55.4 Å². The molecule has 2 aromatic rings. The molecule has 0 fully saturated rings. The number of aryl methyl sites for hydroxylation is 1. The van der Waals surface area contributed by atoms with Gasteiger partial charge in [0, 0.05) is 10.2 Å². The van der Waals surface area contributed by atoms with Gasteiger partial charge in [-0.05, 0) is 55.0 Å². The minimum atomic E-state index is -3.59. The first kappa shape index (κ1) is 14.9. The molecule has 20 heavy (non-hydrogen) atoms. The highest BCUT2D eigenvalue weighted by molar-refractivity contribution is 9.10. The normalized spacial score (nSPS) is 11.2. The van der Waals surface area contributed by atoms with Gasteiger partial charge in [-0.2, -0.15) is 0 Å². The molecule has 0 aliphatic rings. The number of ether oxygens (including phenoxy) is 1. The summed E-state index contributed by atoms with van der Waals surface area (Å²) in [6, 6.07) is 11.7. The molecule has 106 valence electrons. The molecule has 2 rings (SSSR count). The van der Waals surface area contributed by atoms with Crippen molar-refractivity contribution in [1.29, 1.82) is 0 Å². The number of sulfonamides is 1. The average Bonchev–Trinajstić information content (AvgIpc) is 2.41. The third-order valence-electron chi connectivity index (χ3n) is 2.77. The second-order valence-corrected chi connectivity index (χ2v) is 6.84. The Balaban J connectivity index is 2.30. The lowest BCUT2D eigenvalue weighted by Crippen LogP contribution is -2.13. The summed E-state index contributed by atoms with van der Waals surface area (Å²) in [5.41, 5.74) is 1.29. The van der Waals surface area contributed by atoms with Crippen LogP contribution >= 0.6 is 15.9 Å². The Morgan fingerprint density at radius 3 is 2.30 bits per heavy atom. The van der Waals surface area contributed by atoms with Crippen LogP contribution < -0.4 is 9.46 Å². The number of hydrogen-bond acceptors (Lipinski definition) is 3. The third kappa shape index (κ3) is 3.32. The molecule has 2 aromatic carbocycles. The fourth-order valence-electron chi connectivity index (χ4n) is 1.75. The molecule has 0 bridgehead atoms. The summed E-state index contributed by atoms with van der Waals surface area (Å²) in [4.78, 5) is 0.207. The summed E-state index contributed by atoms with van der Waals surface area (Å²) in [7, 11) is -2.04. The minimum absolute atomic E-state index is 0.207. The summed E-state index contributed by atoms with van der Waals surface area (Å²) in [5, 5.41) is 0. The number of hydrogen-bond donors (Lipinski definition) is 1. The molecule has 4 nitrogen and oxygen atoms in total.